The lowest BCUT2D eigenvalue weighted by Crippen LogP contribution is -2.52. The van der Waals surface area contributed by atoms with Crippen molar-refractivity contribution in [2.45, 2.75) is 24.9 Å². The van der Waals surface area contributed by atoms with Crippen LogP contribution >= 0.6 is 23.2 Å². The molecule has 0 spiro atoms. The Morgan fingerprint density at radius 2 is 2.03 bits per heavy atom. The molecule has 1 saturated carbocycles. The number of anilines is 1. The summed E-state index contributed by atoms with van der Waals surface area (Å²) < 4.78 is 0. The Bertz CT molecular complexity index is 879. The average Bonchev–Trinajstić information content (AvgIpc) is 3.39. The van der Waals surface area contributed by atoms with Gasteiger partial charge in [-0.05, 0) is 43.0 Å². The molecular weight excluding hydrogens is 411 g/mol. The zero-order valence-electron chi connectivity index (χ0n) is 16.1. The van der Waals surface area contributed by atoms with Crippen molar-refractivity contribution in [3.05, 3.63) is 51.9 Å². The van der Waals surface area contributed by atoms with E-state index in [9.17, 15) is 4.79 Å². The zero-order chi connectivity index (χ0) is 20.5. The minimum atomic E-state index is 0.0638. The number of halogens is 2. The number of rotatable bonds is 6. The molecule has 3 unspecified atom stereocenters. The van der Waals surface area contributed by atoms with Crippen molar-refractivity contribution in [1.29, 1.82) is 5.41 Å². The van der Waals surface area contributed by atoms with E-state index in [2.05, 4.69) is 21.3 Å². The third kappa shape index (κ3) is 4.16. The molecule has 2 heterocycles. The number of nitrogens with one attached hydrogen (secondary N) is 5. The number of piperidine rings is 1. The molecule has 1 aliphatic carbocycles. The summed E-state index contributed by atoms with van der Waals surface area (Å²) in [6.07, 6.45) is 5.65. The summed E-state index contributed by atoms with van der Waals surface area (Å²) in [4.78, 5) is 14.8. The van der Waals surface area contributed by atoms with Crippen LogP contribution in [0.3, 0.4) is 0 Å². The predicted octanol–water partition coefficient (Wildman–Crippen LogP) is 2.51. The first kappa shape index (κ1) is 19.9. The zero-order valence-corrected chi connectivity index (χ0v) is 17.6. The lowest BCUT2D eigenvalue weighted by Gasteiger charge is -2.35. The maximum atomic E-state index is 12.9. The average molecular weight is 435 g/mol. The molecular formula is C20H24Cl2N6O. The number of nitrogens with zero attached hydrogens (tertiary/aromatic N) is 1. The van der Waals surface area contributed by atoms with Gasteiger partial charge in [0.2, 0.25) is 5.91 Å². The molecule has 4 rings (SSSR count). The van der Waals surface area contributed by atoms with Crippen LogP contribution in [0, 0.1) is 11.3 Å². The Morgan fingerprint density at radius 3 is 2.66 bits per heavy atom. The number of amides is 1. The SMILES string of the molecule is CN/C(NC1CC2CC1N(C(=O)CNc1cc(Cl)cc(Cl)c1)C2)=C1/C=CNC1=N. The number of amidine groups is 1. The van der Waals surface area contributed by atoms with E-state index in [4.69, 9.17) is 28.6 Å². The molecule has 2 bridgehead atoms. The molecule has 1 saturated heterocycles. The first-order chi connectivity index (χ1) is 13.9. The second-order valence-corrected chi connectivity index (χ2v) is 8.48. The van der Waals surface area contributed by atoms with E-state index in [1.807, 2.05) is 18.0 Å². The Hall–Kier alpha value is -2.38. The van der Waals surface area contributed by atoms with Gasteiger partial charge in [-0.1, -0.05) is 23.2 Å². The van der Waals surface area contributed by atoms with Crippen molar-refractivity contribution in [2.75, 3.05) is 25.5 Å². The van der Waals surface area contributed by atoms with Crippen LogP contribution in [0.25, 0.3) is 0 Å². The highest BCUT2D eigenvalue weighted by Crippen LogP contribution is 2.38. The molecule has 3 aliphatic rings. The molecule has 1 aromatic rings. The molecule has 0 radical (unpaired) electrons. The van der Waals surface area contributed by atoms with Crippen LogP contribution in [0.1, 0.15) is 12.8 Å². The van der Waals surface area contributed by atoms with E-state index in [0.717, 1.165) is 36.5 Å². The number of carbonyl (C=O) groups excluding carboxylic acids is 1. The van der Waals surface area contributed by atoms with Gasteiger partial charge in [-0.25, -0.2) is 0 Å². The van der Waals surface area contributed by atoms with Crippen LogP contribution in [0.2, 0.25) is 10.0 Å². The van der Waals surface area contributed by atoms with E-state index in [1.54, 1.807) is 24.4 Å². The number of benzene rings is 1. The molecule has 154 valence electrons. The predicted molar refractivity (Wildman–Crippen MR) is 116 cm³/mol. The van der Waals surface area contributed by atoms with Crippen molar-refractivity contribution in [3.63, 3.8) is 0 Å². The smallest absolute Gasteiger partial charge is 0.242 e. The molecule has 2 fully saturated rings. The Balaban J connectivity index is 1.40. The van der Waals surface area contributed by atoms with Crippen molar-refractivity contribution < 1.29 is 4.79 Å². The summed E-state index contributed by atoms with van der Waals surface area (Å²) in [5, 5.41) is 21.8. The van der Waals surface area contributed by atoms with Crippen molar-refractivity contribution >= 4 is 40.6 Å². The maximum Gasteiger partial charge on any atom is 0.242 e. The summed E-state index contributed by atoms with van der Waals surface area (Å²) in [5.41, 5.74) is 1.53. The van der Waals surface area contributed by atoms with Crippen LogP contribution < -0.4 is 21.3 Å². The summed E-state index contributed by atoms with van der Waals surface area (Å²) in [5.74, 6) is 1.74. The first-order valence-electron chi connectivity index (χ1n) is 9.64. The van der Waals surface area contributed by atoms with E-state index < -0.39 is 0 Å². The maximum absolute atomic E-state index is 12.9. The van der Waals surface area contributed by atoms with Gasteiger partial charge in [-0.2, -0.15) is 0 Å². The first-order valence-corrected chi connectivity index (χ1v) is 10.4. The largest absolute Gasteiger partial charge is 0.376 e. The minimum absolute atomic E-state index is 0.0638. The number of hydrogen-bond donors (Lipinski definition) is 5. The second-order valence-electron chi connectivity index (χ2n) is 7.60. The van der Waals surface area contributed by atoms with Gasteiger partial charge in [0.15, 0.2) is 0 Å². The van der Waals surface area contributed by atoms with Gasteiger partial charge in [-0.15, -0.1) is 0 Å². The fourth-order valence-electron chi connectivity index (χ4n) is 4.45. The fraction of sp³-hybridized carbons (Fsp3) is 0.400. The van der Waals surface area contributed by atoms with Crippen LogP contribution in [-0.2, 0) is 4.79 Å². The molecule has 5 N–H and O–H groups in total. The summed E-state index contributed by atoms with van der Waals surface area (Å²) in [6.45, 7) is 0.992. The highest BCUT2D eigenvalue weighted by molar-refractivity contribution is 6.35. The lowest BCUT2D eigenvalue weighted by atomic mass is 10.0. The van der Waals surface area contributed by atoms with Gasteiger partial charge in [0, 0.05) is 41.6 Å². The monoisotopic (exact) mass is 434 g/mol. The Kier molecular flexibility index (Phi) is 5.61. The van der Waals surface area contributed by atoms with Gasteiger partial charge in [0.1, 0.15) is 11.7 Å². The van der Waals surface area contributed by atoms with Crippen molar-refractivity contribution in [1.82, 2.24) is 20.9 Å². The molecule has 1 amide bonds. The van der Waals surface area contributed by atoms with E-state index in [-0.39, 0.29) is 24.5 Å². The van der Waals surface area contributed by atoms with E-state index in [0.29, 0.717) is 21.8 Å². The van der Waals surface area contributed by atoms with Gasteiger partial charge >= 0.3 is 0 Å². The fourth-order valence-corrected chi connectivity index (χ4v) is 4.98. The van der Waals surface area contributed by atoms with Crippen LogP contribution in [0.15, 0.2) is 41.9 Å². The third-order valence-corrected chi connectivity index (χ3v) is 6.14. The number of carbonyl (C=O) groups is 1. The highest BCUT2D eigenvalue weighted by atomic mass is 35.5. The van der Waals surface area contributed by atoms with E-state index in [1.165, 1.54) is 0 Å². The van der Waals surface area contributed by atoms with Gasteiger partial charge in [-0.3, -0.25) is 10.2 Å². The van der Waals surface area contributed by atoms with Gasteiger partial charge < -0.3 is 26.2 Å². The Labute approximate surface area is 180 Å². The standard InChI is InChI=1S/C20H24Cl2N6O/c1-24-20(15-2-3-25-19(15)23)27-16-4-11-5-17(16)28(10-11)18(29)9-26-14-7-12(21)6-13(22)8-14/h2-3,6-8,11,16-17,24,26-27H,4-5,9-10H2,1H3,(H2,23,25)/b20-15+. The molecule has 0 aromatic heterocycles. The number of hydrogen-bond acceptors (Lipinski definition) is 5. The summed E-state index contributed by atoms with van der Waals surface area (Å²) in [7, 11) is 1.84. The molecule has 1 aromatic carbocycles. The quantitative estimate of drug-likeness (QED) is 0.474. The Morgan fingerprint density at radius 1 is 1.28 bits per heavy atom. The molecule has 2 aliphatic heterocycles. The van der Waals surface area contributed by atoms with Gasteiger partial charge in [0.05, 0.1) is 18.2 Å². The lowest BCUT2D eigenvalue weighted by molar-refractivity contribution is -0.131. The van der Waals surface area contributed by atoms with Crippen molar-refractivity contribution in [2.24, 2.45) is 5.92 Å². The minimum Gasteiger partial charge on any atom is -0.376 e. The second kappa shape index (κ2) is 8.16. The molecule has 29 heavy (non-hydrogen) atoms. The van der Waals surface area contributed by atoms with Crippen LogP contribution in [0.4, 0.5) is 5.69 Å². The van der Waals surface area contributed by atoms with Crippen molar-refractivity contribution in [3.8, 4) is 0 Å². The molecule has 3 atom stereocenters. The highest BCUT2D eigenvalue weighted by Gasteiger charge is 2.47. The number of fused-ring (bicyclic) bond motifs is 2. The third-order valence-electron chi connectivity index (χ3n) is 5.70. The summed E-state index contributed by atoms with van der Waals surface area (Å²) >= 11 is 12.1. The summed E-state index contributed by atoms with van der Waals surface area (Å²) in [6, 6.07) is 5.48. The van der Waals surface area contributed by atoms with Gasteiger partial charge in [0.25, 0.3) is 0 Å². The molecule has 7 nitrogen and oxygen atoms in total. The van der Waals surface area contributed by atoms with E-state index >= 15 is 0 Å². The normalized spacial score (nSPS) is 26.5. The van der Waals surface area contributed by atoms with Crippen LogP contribution in [-0.4, -0.2) is 48.9 Å². The van der Waals surface area contributed by atoms with Crippen LogP contribution in [0.5, 0.6) is 0 Å². The molecule has 9 heteroatoms. The number of likely N-dealkylation sites (tertiary alicyclic amines) is 1. The topological polar surface area (TPSA) is 92.3 Å².